The van der Waals surface area contributed by atoms with Crippen molar-refractivity contribution in [2.45, 2.75) is 51.9 Å². The molecule has 0 atom stereocenters. The van der Waals surface area contributed by atoms with Crippen LogP contribution in [-0.2, 0) is 6.42 Å². The lowest BCUT2D eigenvalue weighted by Gasteiger charge is -2.29. The molecule has 1 aromatic rings. The first-order valence-corrected chi connectivity index (χ1v) is 9.24. The second-order valence-electron chi connectivity index (χ2n) is 6.25. The van der Waals surface area contributed by atoms with Gasteiger partial charge >= 0.3 is 0 Å². The molecule has 0 radical (unpaired) electrons. The van der Waals surface area contributed by atoms with Gasteiger partial charge in [0, 0.05) is 8.95 Å². The van der Waals surface area contributed by atoms with Crippen LogP contribution in [0.25, 0.3) is 0 Å². The van der Waals surface area contributed by atoms with E-state index in [4.69, 9.17) is 0 Å². The lowest BCUT2D eigenvalue weighted by Crippen LogP contribution is -2.23. The molecule has 2 rings (SSSR count). The van der Waals surface area contributed by atoms with Crippen LogP contribution in [0, 0.1) is 12.3 Å². The highest BCUT2D eigenvalue weighted by molar-refractivity contribution is 9.11. The van der Waals surface area contributed by atoms with Crippen LogP contribution in [0.5, 0.6) is 0 Å². The molecule has 0 aliphatic heterocycles. The van der Waals surface area contributed by atoms with E-state index in [1.165, 1.54) is 65.0 Å². The van der Waals surface area contributed by atoms with E-state index in [1.54, 1.807) is 0 Å². The third-order valence-electron chi connectivity index (χ3n) is 4.82. The summed E-state index contributed by atoms with van der Waals surface area (Å²) in [6, 6.07) is 4.52. The van der Waals surface area contributed by atoms with Gasteiger partial charge in [0.2, 0.25) is 0 Å². The minimum absolute atomic E-state index is 0.583. The summed E-state index contributed by atoms with van der Waals surface area (Å²) in [5, 5.41) is 3.33. The quantitative estimate of drug-likeness (QED) is 0.650. The van der Waals surface area contributed by atoms with Crippen molar-refractivity contribution in [1.82, 2.24) is 5.32 Å². The highest BCUT2D eigenvalue weighted by Gasteiger charge is 2.32. The Morgan fingerprint density at radius 2 is 1.80 bits per heavy atom. The van der Waals surface area contributed by atoms with Gasteiger partial charge in [-0.25, -0.2) is 0 Å². The topological polar surface area (TPSA) is 12.0 Å². The van der Waals surface area contributed by atoms with Crippen molar-refractivity contribution in [2.75, 3.05) is 13.6 Å². The molecule has 1 N–H and O–H groups in total. The first-order chi connectivity index (χ1) is 9.56. The molecular formula is C17H25Br2N. The predicted molar refractivity (Wildman–Crippen MR) is 94.3 cm³/mol. The maximum absolute atomic E-state index is 3.73. The molecule has 20 heavy (non-hydrogen) atoms. The molecule has 1 aromatic carbocycles. The van der Waals surface area contributed by atoms with E-state index in [0.29, 0.717) is 5.41 Å². The Morgan fingerprint density at radius 3 is 2.45 bits per heavy atom. The number of benzene rings is 1. The third kappa shape index (κ3) is 4.08. The number of aryl methyl sites for hydroxylation is 2. The fourth-order valence-corrected chi connectivity index (χ4v) is 4.47. The van der Waals surface area contributed by atoms with Crippen LogP contribution in [0.3, 0.4) is 0 Å². The Bertz CT molecular complexity index is 451. The Labute approximate surface area is 140 Å². The van der Waals surface area contributed by atoms with E-state index >= 15 is 0 Å². The molecule has 1 aliphatic rings. The van der Waals surface area contributed by atoms with Crippen molar-refractivity contribution in [3.05, 3.63) is 32.2 Å². The Morgan fingerprint density at radius 1 is 1.10 bits per heavy atom. The number of hydrogen-bond donors (Lipinski definition) is 1. The lowest BCUT2D eigenvalue weighted by atomic mass is 9.77. The van der Waals surface area contributed by atoms with E-state index in [2.05, 4.69) is 63.3 Å². The summed E-state index contributed by atoms with van der Waals surface area (Å²) in [5.41, 5.74) is 3.32. The standard InChI is InChI=1S/C17H25Br2N/c1-13-11-16(19)14(12-15(13)18)5-8-17(9-10-20-2)6-3-4-7-17/h11-12,20H,3-10H2,1-2H3. The van der Waals surface area contributed by atoms with Crippen molar-refractivity contribution in [2.24, 2.45) is 5.41 Å². The zero-order chi connectivity index (χ0) is 14.6. The fourth-order valence-electron chi connectivity index (χ4n) is 3.42. The predicted octanol–water partition coefficient (Wildman–Crippen LogP) is 5.62. The molecule has 0 aromatic heterocycles. The van der Waals surface area contributed by atoms with Crippen molar-refractivity contribution in [3.8, 4) is 0 Å². The second-order valence-corrected chi connectivity index (χ2v) is 7.96. The third-order valence-corrected chi connectivity index (χ3v) is 6.41. The van der Waals surface area contributed by atoms with E-state index in [-0.39, 0.29) is 0 Å². The SMILES string of the molecule is CNCCC1(CCc2cc(Br)c(C)cc2Br)CCCC1. The first-order valence-electron chi connectivity index (χ1n) is 7.65. The monoisotopic (exact) mass is 401 g/mol. The molecule has 112 valence electrons. The smallest absolute Gasteiger partial charge is 0.0210 e. The summed E-state index contributed by atoms with van der Waals surface area (Å²) >= 11 is 7.39. The van der Waals surface area contributed by atoms with Crippen molar-refractivity contribution in [1.29, 1.82) is 0 Å². The van der Waals surface area contributed by atoms with Gasteiger partial charge in [0.1, 0.15) is 0 Å². The first kappa shape index (κ1) is 16.5. The Balaban J connectivity index is 2.04. The van der Waals surface area contributed by atoms with E-state index in [0.717, 1.165) is 6.54 Å². The molecule has 0 heterocycles. The van der Waals surface area contributed by atoms with Crippen LogP contribution in [-0.4, -0.2) is 13.6 Å². The molecule has 0 unspecified atom stereocenters. The van der Waals surface area contributed by atoms with Gasteiger partial charge in [-0.3, -0.25) is 0 Å². The summed E-state index contributed by atoms with van der Waals surface area (Å²) in [4.78, 5) is 0. The van der Waals surface area contributed by atoms with E-state index in [1.807, 2.05) is 0 Å². The van der Waals surface area contributed by atoms with Crippen LogP contribution >= 0.6 is 31.9 Å². The summed E-state index contributed by atoms with van der Waals surface area (Å²) in [6.45, 7) is 3.29. The van der Waals surface area contributed by atoms with Gasteiger partial charge in [0.25, 0.3) is 0 Å². The summed E-state index contributed by atoms with van der Waals surface area (Å²) < 4.78 is 2.49. The van der Waals surface area contributed by atoms with Gasteiger partial charge in [0.05, 0.1) is 0 Å². The summed E-state index contributed by atoms with van der Waals surface area (Å²) in [6.07, 6.45) is 9.50. The minimum atomic E-state index is 0.583. The average Bonchev–Trinajstić information content (AvgIpc) is 2.88. The van der Waals surface area contributed by atoms with E-state index in [9.17, 15) is 0 Å². The minimum Gasteiger partial charge on any atom is -0.320 e. The van der Waals surface area contributed by atoms with Crippen molar-refractivity contribution < 1.29 is 0 Å². The van der Waals surface area contributed by atoms with Gasteiger partial charge in [0.15, 0.2) is 0 Å². The van der Waals surface area contributed by atoms with Gasteiger partial charge in [-0.2, -0.15) is 0 Å². The molecule has 3 heteroatoms. The maximum Gasteiger partial charge on any atom is 0.0210 e. The van der Waals surface area contributed by atoms with Gasteiger partial charge in [-0.15, -0.1) is 0 Å². The number of halogens is 2. The second kappa shape index (κ2) is 7.42. The van der Waals surface area contributed by atoms with Gasteiger partial charge < -0.3 is 5.32 Å². The van der Waals surface area contributed by atoms with Crippen molar-refractivity contribution >= 4 is 31.9 Å². The molecule has 1 fully saturated rings. The van der Waals surface area contributed by atoms with Crippen LogP contribution < -0.4 is 5.32 Å². The number of nitrogens with one attached hydrogen (secondary N) is 1. The van der Waals surface area contributed by atoms with E-state index < -0.39 is 0 Å². The van der Waals surface area contributed by atoms with Gasteiger partial charge in [-0.05, 0) is 81.3 Å². The highest BCUT2D eigenvalue weighted by Crippen LogP contribution is 2.45. The molecule has 0 amide bonds. The normalized spacial score (nSPS) is 17.6. The van der Waals surface area contributed by atoms with Crippen LogP contribution in [0.2, 0.25) is 0 Å². The molecule has 0 saturated heterocycles. The molecular weight excluding hydrogens is 378 g/mol. The number of rotatable bonds is 6. The largest absolute Gasteiger partial charge is 0.320 e. The lowest BCUT2D eigenvalue weighted by molar-refractivity contribution is 0.247. The van der Waals surface area contributed by atoms with Crippen LogP contribution in [0.4, 0.5) is 0 Å². The number of hydrogen-bond acceptors (Lipinski definition) is 1. The summed E-state index contributed by atoms with van der Waals surface area (Å²) in [5.74, 6) is 0. The molecule has 1 aliphatic carbocycles. The van der Waals surface area contributed by atoms with Crippen molar-refractivity contribution in [3.63, 3.8) is 0 Å². The summed E-state index contributed by atoms with van der Waals surface area (Å²) in [7, 11) is 2.07. The molecule has 1 nitrogen and oxygen atoms in total. The maximum atomic E-state index is 3.73. The molecule has 0 spiro atoms. The fraction of sp³-hybridized carbons (Fsp3) is 0.647. The average molecular weight is 403 g/mol. The molecule has 0 bridgehead atoms. The molecule has 1 saturated carbocycles. The Kier molecular flexibility index (Phi) is 6.12. The zero-order valence-electron chi connectivity index (χ0n) is 12.6. The van der Waals surface area contributed by atoms with Crippen LogP contribution in [0.15, 0.2) is 21.1 Å². The Hall–Kier alpha value is 0.140. The zero-order valence-corrected chi connectivity index (χ0v) is 15.7. The van der Waals surface area contributed by atoms with Crippen LogP contribution in [0.1, 0.15) is 49.7 Å². The van der Waals surface area contributed by atoms with Gasteiger partial charge in [-0.1, -0.05) is 44.7 Å². The highest BCUT2D eigenvalue weighted by atomic mass is 79.9.